The Morgan fingerprint density at radius 3 is 2.29 bits per heavy atom. The summed E-state index contributed by atoms with van der Waals surface area (Å²) in [5, 5.41) is 0. The number of urea groups is 1. The maximum atomic E-state index is 12.3. The number of likely N-dealkylation sites (N-methyl/N-ethyl adjacent to an activating group) is 1. The molecule has 0 unspecified atom stereocenters. The van der Waals surface area contributed by atoms with Crippen molar-refractivity contribution in [2.45, 2.75) is 32.2 Å². The van der Waals surface area contributed by atoms with Crippen LogP contribution in [-0.2, 0) is 4.79 Å². The molecule has 0 spiro atoms. The first-order chi connectivity index (χ1) is 7.94. The fraction of sp³-hybridized carbons (Fsp3) is 0.833. The average molecular weight is 239 g/mol. The molecule has 0 atom stereocenters. The van der Waals surface area contributed by atoms with Crippen molar-refractivity contribution in [1.82, 2.24) is 14.7 Å². The maximum Gasteiger partial charge on any atom is 0.320 e. The largest absolute Gasteiger partial charge is 0.342 e. The molecule has 5 nitrogen and oxygen atoms in total. The Kier molecular flexibility index (Phi) is 3.02. The highest BCUT2D eigenvalue weighted by atomic mass is 16.2. The molecule has 5 heteroatoms. The predicted molar refractivity (Wildman–Crippen MR) is 64.6 cm³/mol. The zero-order chi connectivity index (χ0) is 12.6. The molecule has 2 saturated heterocycles. The van der Waals surface area contributed by atoms with Crippen LogP contribution in [0.25, 0.3) is 0 Å². The number of carbonyl (C=O) groups excluding carboxylic acids is 2. The van der Waals surface area contributed by atoms with Crippen molar-refractivity contribution < 1.29 is 9.59 Å². The van der Waals surface area contributed by atoms with Crippen LogP contribution in [0.1, 0.15) is 26.7 Å². The number of hydrogen-bond acceptors (Lipinski definition) is 2. The highest BCUT2D eigenvalue weighted by molar-refractivity contribution is 5.91. The minimum atomic E-state index is -0.716. The minimum absolute atomic E-state index is 0.0222. The molecule has 2 aliphatic heterocycles. The zero-order valence-electron chi connectivity index (χ0n) is 10.9. The van der Waals surface area contributed by atoms with Crippen LogP contribution >= 0.6 is 0 Å². The Bertz CT molecular complexity index is 335. The Morgan fingerprint density at radius 1 is 1.12 bits per heavy atom. The zero-order valence-corrected chi connectivity index (χ0v) is 10.9. The van der Waals surface area contributed by atoms with E-state index in [9.17, 15) is 9.59 Å². The van der Waals surface area contributed by atoms with Crippen molar-refractivity contribution in [3.05, 3.63) is 0 Å². The summed E-state index contributed by atoms with van der Waals surface area (Å²) in [4.78, 5) is 29.7. The molecule has 2 fully saturated rings. The Labute approximate surface area is 102 Å². The number of carbonyl (C=O) groups is 2. The molecule has 0 radical (unpaired) electrons. The molecule has 2 rings (SSSR count). The van der Waals surface area contributed by atoms with Gasteiger partial charge in [0.05, 0.1) is 0 Å². The first-order valence-corrected chi connectivity index (χ1v) is 6.26. The summed E-state index contributed by atoms with van der Waals surface area (Å²) in [6.07, 6.45) is 2.15. The lowest BCUT2D eigenvalue weighted by atomic mass is 9.98. The Hall–Kier alpha value is -1.26. The molecule has 2 heterocycles. The SMILES string of the molecule is CN1CCN(C(=O)N2CCCC2)C(C)(C)C1=O. The number of hydrogen-bond donors (Lipinski definition) is 0. The van der Waals surface area contributed by atoms with Crippen molar-refractivity contribution in [1.29, 1.82) is 0 Å². The van der Waals surface area contributed by atoms with Crippen molar-refractivity contribution in [3.63, 3.8) is 0 Å². The summed E-state index contributed by atoms with van der Waals surface area (Å²) in [5.74, 6) is 0.0243. The first-order valence-electron chi connectivity index (χ1n) is 6.26. The molecule has 96 valence electrons. The van der Waals surface area contributed by atoms with E-state index in [0.29, 0.717) is 13.1 Å². The number of rotatable bonds is 0. The fourth-order valence-corrected chi connectivity index (χ4v) is 2.63. The van der Waals surface area contributed by atoms with Crippen LogP contribution in [0.15, 0.2) is 0 Å². The van der Waals surface area contributed by atoms with Crippen LogP contribution in [0.2, 0.25) is 0 Å². The lowest BCUT2D eigenvalue weighted by molar-refractivity contribution is -0.144. The van der Waals surface area contributed by atoms with Crippen LogP contribution in [0.5, 0.6) is 0 Å². The fourth-order valence-electron chi connectivity index (χ4n) is 2.63. The third-order valence-corrected chi connectivity index (χ3v) is 3.81. The van der Waals surface area contributed by atoms with Crippen LogP contribution < -0.4 is 0 Å². The molecule has 0 aromatic rings. The number of likely N-dealkylation sites (tertiary alicyclic amines) is 1. The van der Waals surface area contributed by atoms with E-state index in [1.54, 1.807) is 16.8 Å². The highest BCUT2D eigenvalue weighted by Crippen LogP contribution is 2.24. The molecular weight excluding hydrogens is 218 g/mol. The van der Waals surface area contributed by atoms with Gasteiger partial charge < -0.3 is 14.7 Å². The van der Waals surface area contributed by atoms with E-state index < -0.39 is 5.54 Å². The van der Waals surface area contributed by atoms with Gasteiger partial charge in [-0.05, 0) is 26.7 Å². The summed E-state index contributed by atoms with van der Waals surface area (Å²) < 4.78 is 0. The Morgan fingerprint density at radius 2 is 1.71 bits per heavy atom. The second-order valence-corrected chi connectivity index (χ2v) is 5.41. The molecule has 0 aromatic carbocycles. The van der Waals surface area contributed by atoms with Crippen molar-refractivity contribution in [2.24, 2.45) is 0 Å². The van der Waals surface area contributed by atoms with Gasteiger partial charge in [-0.15, -0.1) is 0 Å². The summed E-state index contributed by atoms with van der Waals surface area (Å²) in [6, 6.07) is 0.0222. The first kappa shape index (κ1) is 12.2. The number of amides is 3. The van der Waals surface area contributed by atoms with Crippen LogP contribution in [0.4, 0.5) is 4.79 Å². The van der Waals surface area contributed by atoms with E-state index >= 15 is 0 Å². The van der Waals surface area contributed by atoms with Gasteiger partial charge >= 0.3 is 6.03 Å². The summed E-state index contributed by atoms with van der Waals surface area (Å²) >= 11 is 0. The van der Waals surface area contributed by atoms with Gasteiger partial charge in [0.2, 0.25) is 5.91 Å². The molecule has 3 amide bonds. The van der Waals surface area contributed by atoms with Gasteiger partial charge in [0, 0.05) is 33.2 Å². The van der Waals surface area contributed by atoms with Gasteiger partial charge in [-0.2, -0.15) is 0 Å². The maximum absolute atomic E-state index is 12.3. The number of piperazine rings is 1. The monoisotopic (exact) mass is 239 g/mol. The van der Waals surface area contributed by atoms with Gasteiger partial charge in [0.25, 0.3) is 0 Å². The Balaban J connectivity index is 2.14. The van der Waals surface area contributed by atoms with E-state index in [0.717, 1.165) is 25.9 Å². The average Bonchev–Trinajstić information content (AvgIpc) is 2.79. The van der Waals surface area contributed by atoms with E-state index in [2.05, 4.69) is 0 Å². The molecule has 2 aliphatic rings. The second-order valence-electron chi connectivity index (χ2n) is 5.41. The topological polar surface area (TPSA) is 43.9 Å². The summed E-state index contributed by atoms with van der Waals surface area (Å²) in [5.41, 5.74) is -0.716. The molecule has 0 aromatic heterocycles. The normalized spacial score (nSPS) is 24.4. The highest BCUT2D eigenvalue weighted by Gasteiger charge is 2.44. The van der Waals surface area contributed by atoms with Crippen LogP contribution in [0.3, 0.4) is 0 Å². The molecule has 0 aliphatic carbocycles. The second kappa shape index (κ2) is 4.20. The molecule has 0 N–H and O–H groups in total. The van der Waals surface area contributed by atoms with Crippen LogP contribution in [0, 0.1) is 0 Å². The molecule has 0 saturated carbocycles. The van der Waals surface area contributed by atoms with E-state index in [1.165, 1.54) is 0 Å². The van der Waals surface area contributed by atoms with Gasteiger partial charge in [-0.3, -0.25) is 4.79 Å². The standard InChI is InChI=1S/C12H21N3O2/c1-12(2)10(16)13(3)8-9-15(12)11(17)14-6-4-5-7-14/h4-9H2,1-3H3. The van der Waals surface area contributed by atoms with Crippen LogP contribution in [-0.4, -0.2) is 65.4 Å². The number of nitrogens with zero attached hydrogens (tertiary/aromatic N) is 3. The van der Waals surface area contributed by atoms with Gasteiger partial charge in [0.1, 0.15) is 5.54 Å². The lowest BCUT2D eigenvalue weighted by Gasteiger charge is -2.45. The van der Waals surface area contributed by atoms with Crippen molar-refractivity contribution in [3.8, 4) is 0 Å². The summed E-state index contributed by atoms with van der Waals surface area (Å²) in [7, 11) is 1.79. The smallest absolute Gasteiger partial charge is 0.320 e. The molecule has 0 bridgehead atoms. The third kappa shape index (κ3) is 1.98. The van der Waals surface area contributed by atoms with Gasteiger partial charge in [-0.25, -0.2) is 4.79 Å². The van der Waals surface area contributed by atoms with Crippen molar-refractivity contribution in [2.75, 3.05) is 33.2 Å². The third-order valence-electron chi connectivity index (χ3n) is 3.81. The molecule has 17 heavy (non-hydrogen) atoms. The van der Waals surface area contributed by atoms with Gasteiger partial charge in [0.15, 0.2) is 0 Å². The van der Waals surface area contributed by atoms with E-state index in [-0.39, 0.29) is 11.9 Å². The van der Waals surface area contributed by atoms with Gasteiger partial charge in [-0.1, -0.05) is 0 Å². The predicted octanol–water partition coefficient (Wildman–Crippen LogP) is 0.755. The molecular formula is C12H21N3O2. The van der Waals surface area contributed by atoms with E-state index in [1.807, 2.05) is 18.7 Å². The minimum Gasteiger partial charge on any atom is -0.342 e. The van der Waals surface area contributed by atoms with Crippen molar-refractivity contribution >= 4 is 11.9 Å². The summed E-state index contributed by atoms with van der Waals surface area (Å²) in [6.45, 7) is 6.58. The van der Waals surface area contributed by atoms with E-state index in [4.69, 9.17) is 0 Å². The quantitative estimate of drug-likeness (QED) is 0.626. The lowest BCUT2D eigenvalue weighted by Crippen LogP contribution is -2.65.